The molecule has 1 aliphatic rings. The molecule has 0 N–H and O–H groups in total. The number of amides is 1. The molecule has 2 aromatic heterocycles. The van der Waals surface area contributed by atoms with Crippen molar-refractivity contribution in [1.29, 1.82) is 0 Å². The minimum atomic E-state index is 0.172. The summed E-state index contributed by atoms with van der Waals surface area (Å²) >= 11 is 1.64. The molecule has 0 unspecified atom stereocenters. The first-order valence-electron chi connectivity index (χ1n) is 8.38. The normalized spacial score (nSPS) is 16.1. The van der Waals surface area contributed by atoms with Crippen molar-refractivity contribution >= 4 is 17.2 Å². The molecular formula is C17H24N4O2S. The van der Waals surface area contributed by atoms with Crippen LogP contribution in [0.15, 0.2) is 16.0 Å². The van der Waals surface area contributed by atoms with Gasteiger partial charge in [0.1, 0.15) is 0 Å². The highest BCUT2D eigenvalue weighted by Gasteiger charge is 2.22. The summed E-state index contributed by atoms with van der Waals surface area (Å²) < 4.78 is 5.26. The Labute approximate surface area is 146 Å². The number of aryl methyl sites for hydroxylation is 1. The van der Waals surface area contributed by atoms with Gasteiger partial charge in [-0.15, -0.1) is 11.3 Å². The maximum absolute atomic E-state index is 12.5. The third-order valence-corrected chi connectivity index (χ3v) is 5.37. The molecule has 3 heterocycles. The van der Waals surface area contributed by atoms with E-state index in [4.69, 9.17) is 4.52 Å². The average molecular weight is 348 g/mol. The summed E-state index contributed by atoms with van der Waals surface area (Å²) in [6, 6.07) is 1.96. The zero-order chi connectivity index (χ0) is 17.1. The molecule has 0 bridgehead atoms. The van der Waals surface area contributed by atoms with E-state index in [0.717, 1.165) is 54.9 Å². The van der Waals surface area contributed by atoms with Crippen molar-refractivity contribution in [1.82, 2.24) is 19.9 Å². The molecule has 130 valence electrons. The second-order valence-corrected chi connectivity index (χ2v) is 7.49. The molecule has 1 fully saturated rings. The molecule has 24 heavy (non-hydrogen) atoms. The minimum absolute atomic E-state index is 0.172. The van der Waals surface area contributed by atoms with Gasteiger partial charge in [-0.3, -0.25) is 9.69 Å². The molecule has 1 saturated heterocycles. The Kier molecular flexibility index (Phi) is 5.30. The van der Waals surface area contributed by atoms with Crippen molar-refractivity contribution in [2.45, 2.75) is 39.7 Å². The lowest BCUT2D eigenvalue weighted by Crippen LogP contribution is -2.48. The van der Waals surface area contributed by atoms with Gasteiger partial charge in [-0.25, -0.2) is 4.98 Å². The largest absolute Gasteiger partial charge is 0.360 e. The topological polar surface area (TPSA) is 62.5 Å². The van der Waals surface area contributed by atoms with Crippen LogP contribution in [-0.2, 0) is 17.8 Å². The molecule has 0 atom stereocenters. The number of carbonyl (C=O) groups is 1. The summed E-state index contributed by atoms with van der Waals surface area (Å²) in [6.45, 7) is 10.2. The van der Waals surface area contributed by atoms with E-state index in [1.54, 1.807) is 11.3 Å². The molecule has 0 aliphatic carbocycles. The van der Waals surface area contributed by atoms with Gasteiger partial charge in [0, 0.05) is 43.5 Å². The molecule has 1 aliphatic heterocycles. The van der Waals surface area contributed by atoms with Gasteiger partial charge < -0.3 is 9.42 Å². The summed E-state index contributed by atoms with van der Waals surface area (Å²) in [5.41, 5.74) is 1.80. The van der Waals surface area contributed by atoms with Crippen LogP contribution in [-0.4, -0.2) is 52.0 Å². The third-order valence-electron chi connectivity index (χ3n) is 4.18. The van der Waals surface area contributed by atoms with Crippen LogP contribution in [0.5, 0.6) is 0 Å². The van der Waals surface area contributed by atoms with E-state index in [2.05, 4.69) is 28.9 Å². The number of aromatic nitrogens is 2. The van der Waals surface area contributed by atoms with Crippen LogP contribution >= 0.6 is 11.3 Å². The molecule has 0 saturated carbocycles. The van der Waals surface area contributed by atoms with Crippen LogP contribution in [0.25, 0.3) is 0 Å². The monoisotopic (exact) mass is 348 g/mol. The number of hydrogen-bond donors (Lipinski definition) is 0. The maximum atomic E-state index is 12.5. The van der Waals surface area contributed by atoms with Crippen molar-refractivity contribution < 1.29 is 9.32 Å². The van der Waals surface area contributed by atoms with Gasteiger partial charge in [0.25, 0.3) is 0 Å². The van der Waals surface area contributed by atoms with E-state index in [1.807, 2.05) is 23.3 Å². The molecule has 0 spiro atoms. The first-order chi connectivity index (χ1) is 11.5. The fraction of sp³-hybridized carbons (Fsp3) is 0.588. The lowest BCUT2D eigenvalue weighted by atomic mass is 10.2. The van der Waals surface area contributed by atoms with Gasteiger partial charge in [0.05, 0.1) is 29.4 Å². The lowest BCUT2D eigenvalue weighted by Gasteiger charge is -2.34. The van der Waals surface area contributed by atoms with Crippen molar-refractivity contribution in [2.75, 3.05) is 26.2 Å². The van der Waals surface area contributed by atoms with Crippen molar-refractivity contribution in [3.63, 3.8) is 0 Å². The highest BCUT2D eigenvalue weighted by Crippen LogP contribution is 2.20. The zero-order valence-corrected chi connectivity index (χ0v) is 15.3. The smallest absolute Gasteiger partial charge is 0.228 e. The zero-order valence-electron chi connectivity index (χ0n) is 14.5. The Morgan fingerprint density at radius 3 is 2.67 bits per heavy atom. The second-order valence-electron chi connectivity index (χ2n) is 6.60. The molecule has 2 aromatic rings. The number of hydrogen-bond acceptors (Lipinski definition) is 6. The number of thiazole rings is 1. The molecule has 7 heteroatoms. The van der Waals surface area contributed by atoms with Crippen LogP contribution < -0.4 is 0 Å². The van der Waals surface area contributed by atoms with E-state index < -0.39 is 0 Å². The van der Waals surface area contributed by atoms with Crippen LogP contribution in [0.3, 0.4) is 0 Å². The summed E-state index contributed by atoms with van der Waals surface area (Å²) in [4.78, 5) is 21.3. The summed E-state index contributed by atoms with van der Waals surface area (Å²) in [5.74, 6) is 1.48. The Balaban J connectivity index is 1.47. The lowest BCUT2D eigenvalue weighted by molar-refractivity contribution is -0.132. The van der Waals surface area contributed by atoms with E-state index >= 15 is 0 Å². The SMILES string of the molecule is Cc1cc(CN2CCN(C(=O)Cc3csc(C(C)C)n3)CC2)on1. The van der Waals surface area contributed by atoms with E-state index in [0.29, 0.717) is 12.3 Å². The van der Waals surface area contributed by atoms with Crippen molar-refractivity contribution in [3.8, 4) is 0 Å². The van der Waals surface area contributed by atoms with Gasteiger partial charge >= 0.3 is 0 Å². The van der Waals surface area contributed by atoms with Gasteiger partial charge in [-0.2, -0.15) is 0 Å². The molecule has 0 aromatic carbocycles. The minimum Gasteiger partial charge on any atom is -0.360 e. The van der Waals surface area contributed by atoms with E-state index in [9.17, 15) is 4.79 Å². The number of piperazine rings is 1. The average Bonchev–Trinajstić information content (AvgIpc) is 3.17. The van der Waals surface area contributed by atoms with Gasteiger partial charge in [-0.1, -0.05) is 19.0 Å². The first kappa shape index (κ1) is 17.1. The van der Waals surface area contributed by atoms with Gasteiger partial charge in [0.2, 0.25) is 5.91 Å². The van der Waals surface area contributed by atoms with Gasteiger partial charge in [0.15, 0.2) is 5.76 Å². The van der Waals surface area contributed by atoms with Crippen molar-refractivity contribution in [3.05, 3.63) is 33.6 Å². The third kappa shape index (κ3) is 4.21. The van der Waals surface area contributed by atoms with Crippen LogP contribution in [0, 0.1) is 6.92 Å². The Bertz CT molecular complexity index is 686. The van der Waals surface area contributed by atoms with E-state index in [1.165, 1.54) is 0 Å². The standard InChI is InChI=1S/C17H24N4O2S/c1-12(2)17-18-14(11-24-17)9-16(22)21-6-4-20(5-7-21)10-15-8-13(3)19-23-15/h8,11-12H,4-7,9-10H2,1-3H3. The van der Waals surface area contributed by atoms with Crippen molar-refractivity contribution in [2.24, 2.45) is 0 Å². The fourth-order valence-corrected chi connectivity index (χ4v) is 3.64. The number of rotatable bonds is 5. The first-order valence-corrected chi connectivity index (χ1v) is 9.26. The van der Waals surface area contributed by atoms with Crippen LogP contribution in [0.4, 0.5) is 0 Å². The second kappa shape index (κ2) is 7.44. The van der Waals surface area contributed by atoms with Gasteiger partial charge in [-0.05, 0) is 6.92 Å². The Morgan fingerprint density at radius 1 is 1.33 bits per heavy atom. The van der Waals surface area contributed by atoms with Crippen LogP contribution in [0.2, 0.25) is 0 Å². The quantitative estimate of drug-likeness (QED) is 0.830. The predicted molar refractivity (Wildman–Crippen MR) is 93.0 cm³/mol. The fourth-order valence-electron chi connectivity index (χ4n) is 2.80. The summed E-state index contributed by atoms with van der Waals surface area (Å²) in [5, 5.41) is 7.03. The molecule has 3 rings (SSSR count). The number of carbonyl (C=O) groups excluding carboxylic acids is 1. The molecule has 0 radical (unpaired) electrons. The van der Waals surface area contributed by atoms with E-state index in [-0.39, 0.29) is 5.91 Å². The molecule has 1 amide bonds. The molecular weight excluding hydrogens is 324 g/mol. The molecule has 6 nitrogen and oxygen atoms in total. The summed E-state index contributed by atoms with van der Waals surface area (Å²) in [6.07, 6.45) is 0.407. The highest BCUT2D eigenvalue weighted by molar-refractivity contribution is 7.09. The Hall–Kier alpha value is -1.73. The summed E-state index contributed by atoms with van der Waals surface area (Å²) in [7, 11) is 0. The predicted octanol–water partition coefficient (Wildman–Crippen LogP) is 2.45. The van der Waals surface area contributed by atoms with Crippen LogP contribution in [0.1, 0.15) is 41.9 Å². The Morgan fingerprint density at radius 2 is 2.08 bits per heavy atom. The highest BCUT2D eigenvalue weighted by atomic mass is 32.1. The number of nitrogens with zero attached hydrogens (tertiary/aromatic N) is 4. The maximum Gasteiger partial charge on any atom is 0.228 e.